The molecule has 1 aromatic carbocycles. The van der Waals surface area contributed by atoms with Gasteiger partial charge in [-0.15, -0.1) is 0 Å². The standard InChI is InChI=1S/C24H31NO3/c1-7-8-9-19(26-4)10-11-20-16(2)24-21-15-23(28-6)22(27-5)14-18(21)12-13-25(24)17(20)3/h8-10,14-15H,7,11-13H2,1-6H3/b9-8-,19-10+. The molecule has 0 atom stereocenters. The van der Waals surface area contributed by atoms with Crippen molar-refractivity contribution in [1.82, 2.24) is 4.57 Å². The molecule has 0 fully saturated rings. The van der Waals surface area contributed by atoms with Gasteiger partial charge in [-0.25, -0.2) is 0 Å². The number of fused-ring (bicyclic) bond motifs is 3. The summed E-state index contributed by atoms with van der Waals surface area (Å²) in [6, 6.07) is 4.24. The summed E-state index contributed by atoms with van der Waals surface area (Å²) in [6.45, 7) is 7.56. The van der Waals surface area contributed by atoms with E-state index in [-0.39, 0.29) is 0 Å². The number of aryl methyl sites for hydroxylation is 1. The Bertz CT molecular complexity index is 919. The summed E-state index contributed by atoms with van der Waals surface area (Å²) in [4.78, 5) is 0. The van der Waals surface area contributed by atoms with Crippen LogP contribution in [-0.2, 0) is 24.1 Å². The number of methoxy groups -OCH3 is 3. The van der Waals surface area contributed by atoms with Crippen LogP contribution in [-0.4, -0.2) is 25.9 Å². The van der Waals surface area contributed by atoms with Crippen molar-refractivity contribution in [3.63, 3.8) is 0 Å². The summed E-state index contributed by atoms with van der Waals surface area (Å²) in [7, 11) is 5.11. The zero-order valence-electron chi connectivity index (χ0n) is 17.9. The Morgan fingerprint density at radius 2 is 1.82 bits per heavy atom. The molecule has 0 spiro atoms. The highest BCUT2D eigenvalue weighted by atomic mass is 16.5. The number of rotatable bonds is 7. The molecule has 0 N–H and O–H groups in total. The van der Waals surface area contributed by atoms with Crippen molar-refractivity contribution in [3.05, 3.63) is 58.5 Å². The first-order valence-electron chi connectivity index (χ1n) is 9.90. The van der Waals surface area contributed by atoms with Gasteiger partial charge in [-0.2, -0.15) is 0 Å². The van der Waals surface area contributed by atoms with E-state index in [1.54, 1.807) is 21.3 Å². The molecular weight excluding hydrogens is 350 g/mol. The molecule has 0 amide bonds. The van der Waals surface area contributed by atoms with Crippen molar-refractivity contribution in [3.8, 4) is 22.8 Å². The fourth-order valence-electron chi connectivity index (χ4n) is 4.11. The number of hydrogen-bond donors (Lipinski definition) is 0. The van der Waals surface area contributed by atoms with Crippen LogP contribution in [0.15, 0.2) is 36.1 Å². The van der Waals surface area contributed by atoms with E-state index in [0.29, 0.717) is 0 Å². The van der Waals surface area contributed by atoms with Gasteiger partial charge in [0, 0.05) is 17.8 Å². The second-order valence-electron chi connectivity index (χ2n) is 7.13. The topological polar surface area (TPSA) is 32.6 Å². The van der Waals surface area contributed by atoms with Gasteiger partial charge in [-0.1, -0.05) is 13.0 Å². The molecule has 150 valence electrons. The van der Waals surface area contributed by atoms with Crippen LogP contribution in [0.3, 0.4) is 0 Å². The SMILES string of the molecule is CC/C=C\C(=C/Cc1c(C)c2n(c1C)CCc1cc(OC)c(OC)cc1-2)OC. The van der Waals surface area contributed by atoms with E-state index in [2.05, 4.69) is 49.6 Å². The highest BCUT2D eigenvalue weighted by molar-refractivity contribution is 5.75. The van der Waals surface area contributed by atoms with E-state index in [0.717, 1.165) is 43.1 Å². The third kappa shape index (κ3) is 3.56. The third-order valence-electron chi connectivity index (χ3n) is 5.65. The maximum atomic E-state index is 5.56. The maximum absolute atomic E-state index is 5.56. The predicted molar refractivity (Wildman–Crippen MR) is 114 cm³/mol. The van der Waals surface area contributed by atoms with Crippen molar-refractivity contribution >= 4 is 0 Å². The zero-order chi connectivity index (χ0) is 20.3. The summed E-state index contributed by atoms with van der Waals surface area (Å²) < 4.78 is 19.0. The number of aromatic nitrogens is 1. The highest BCUT2D eigenvalue weighted by Gasteiger charge is 2.25. The monoisotopic (exact) mass is 381 g/mol. The van der Waals surface area contributed by atoms with Crippen LogP contribution in [0.5, 0.6) is 11.5 Å². The lowest BCUT2D eigenvalue weighted by Crippen LogP contribution is -2.12. The van der Waals surface area contributed by atoms with Crippen molar-refractivity contribution in [1.29, 1.82) is 0 Å². The summed E-state index contributed by atoms with van der Waals surface area (Å²) in [5, 5.41) is 0. The molecule has 28 heavy (non-hydrogen) atoms. The van der Waals surface area contributed by atoms with Crippen LogP contribution in [0, 0.1) is 13.8 Å². The molecule has 4 heteroatoms. The minimum absolute atomic E-state index is 0.778. The Balaban J connectivity index is 2.05. The van der Waals surface area contributed by atoms with Crippen LogP contribution in [0.4, 0.5) is 0 Å². The van der Waals surface area contributed by atoms with E-state index < -0.39 is 0 Å². The average Bonchev–Trinajstić information content (AvgIpc) is 2.97. The molecule has 2 aromatic rings. The Labute approximate surface area is 168 Å². The molecule has 3 rings (SSSR count). The molecule has 1 aliphatic heterocycles. The molecule has 1 aliphatic rings. The van der Waals surface area contributed by atoms with Crippen molar-refractivity contribution < 1.29 is 14.2 Å². The summed E-state index contributed by atoms with van der Waals surface area (Å²) in [5.74, 6) is 2.49. The van der Waals surface area contributed by atoms with Gasteiger partial charge in [-0.05, 0) is 74.1 Å². The fraction of sp³-hybridized carbons (Fsp3) is 0.417. The quantitative estimate of drug-likeness (QED) is 0.476. The Morgan fingerprint density at radius 1 is 1.11 bits per heavy atom. The Hall–Kier alpha value is -2.62. The van der Waals surface area contributed by atoms with E-state index in [1.807, 2.05) is 6.08 Å². The fourth-order valence-corrected chi connectivity index (χ4v) is 4.11. The largest absolute Gasteiger partial charge is 0.497 e. The normalized spacial score (nSPS) is 13.4. The van der Waals surface area contributed by atoms with Crippen LogP contribution in [0.25, 0.3) is 11.3 Å². The molecule has 0 bridgehead atoms. The van der Waals surface area contributed by atoms with Gasteiger partial charge in [0.2, 0.25) is 0 Å². The molecule has 0 aliphatic carbocycles. The van der Waals surface area contributed by atoms with Gasteiger partial charge in [0.15, 0.2) is 11.5 Å². The smallest absolute Gasteiger partial charge is 0.161 e. The van der Waals surface area contributed by atoms with E-state index >= 15 is 0 Å². The third-order valence-corrected chi connectivity index (χ3v) is 5.65. The molecule has 0 saturated carbocycles. The minimum atomic E-state index is 0.778. The first kappa shape index (κ1) is 20.1. The van der Waals surface area contributed by atoms with Gasteiger partial charge in [0.1, 0.15) is 5.76 Å². The summed E-state index contributed by atoms with van der Waals surface area (Å²) in [5.41, 5.74) is 7.90. The van der Waals surface area contributed by atoms with Crippen molar-refractivity contribution in [2.45, 2.75) is 46.6 Å². The number of nitrogens with zero attached hydrogens (tertiary/aromatic N) is 1. The molecule has 0 saturated heterocycles. The van der Waals surface area contributed by atoms with Gasteiger partial charge in [0.05, 0.1) is 27.0 Å². The van der Waals surface area contributed by atoms with Gasteiger partial charge in [0.25, 0.3) is 0 Å². The number of hydrogen-bond acceptors (Lipinski definition) is 3. The van der Waals surface area contributed by atoms with Gasteiger partial charge in [-0.3, -0.25) is 0 Å². The number of benzene rings is 1. The Kier molecular flexibility index (Phi) is 6.18. The molecule has 4 nitrogen and oxygen atoms in total. The van der Waals surface area contributed by atoms with Crippen LogP contribution in [0.1, 0.15) is 35.7 Å². The summed E-state index contributed by atoms with van der Waals surface area (Å²) in [6.07, 6.45) is 9.19. The first-order chi connectivity index (χ1) is 13.5. The number of ether oxygens (including phenoxy) is 3. The maximum Gasteiger partial charge on any atom is 0.161 e. The van der Waals surface area contributed by atoms with Gasteiger partial charge < -0.3 is 18.8 Å². The molecule has 0 radical (unpaired) electrons. The molecular formula is C24H31NO3. The average molecular weight is 382 g/mol. The second-order valence-corrected chi connectivity index (χ2v) is 7.13. The van der Waals surface area contributed by atoms with Crippen molar-refractivity contribution in [2.75, 3.05) is 21.3 Å². The summed E-state index contributed by atoms with van der Waals surface area (Å²) >= 11 is 0. The molecule has 0 unspecified atom stereocenters. The van der Waals surface area contributed by atoms with E-state index in [4.69, 9.17) is 14.2 Å². The second kappa shape index (κ2) is 8.59. The molecule has 2 heterocycles. The van der Waals surface area contributed by atoms with E-state index in [9.17, 15) is 0 Å². The zero-order valence-corrected chi connectivity index (χ0v) is 17.9. The van der Waals surface area contributed by atoms with Crippen LogP contribution >= 0.6 is 0 Å². The Morgan fingerprint density at radius 3 is 2.46 bits per heavy atom. The van der Waals surface area contributed by atoms with Crippen molar-refractivity contribution in [2.24, 2.45) is 0 Å². The minimum Gasteiger partial charge on any atom is -0.497 e. The first-order valence-corrected chi connectivity index (χ1v) is 9.90. The lowest BCUT2D eigenvalue weighted by molar-refractivity contribution is 0.305. The molecule has 1 aromatic heterocycles. The van der Waals surface area contributed by atoms with E-state index in [1.165, 1.54) is 33.6 Å². The van der Waals surface area contributed by atoms with Gasteiger partial charge >= 0.3 is 0 Å². The number of allylic oxidation sites excluding steroid dienone is 3. The van der Waals surface area contributed by atoms with Crippen LogP contribution in [0.2, 0.25) is 0 Å². The lowest BCUT2D eigenvalue weighted by atomic mass is 9.95. The highest BCUT2D eigenvalue weighted by Crippen LogP contribution is 2.42. The predicted octanol–water partition coefficient (Wildman–Crippen LogP) is 5.38. The van der Waals surface area contributed by atoms with Crippen LogP contribution < -0.4 is 9.47 Å². The lowest BCUT2D eigenvalue weighted by Gasteiger charge is -2.23.